The molecule has 9 nitrogen and oxygen atoms in total. The highest BCUT2D eigenvalue weighted by atomic mass is 16.5. The second-order valence-electron chi connectivity index (χ2n) is 6.90. The maximum Gasteiger partial charge on any atom is 0.274 e. The fraction of sp³-hybridized carbons (Fsp3) is 0.0952. The Hall–Kier alpha value is -4.27. The van der Waals surface area contributed by atoms with Gasteiger partial charge in [-0.25, -0.2) is 4.98 Å². The third-order valence-electron chi connectivity index (χ3n) is 4.86. The molecule has 1 N–H and O–H groups in total. The highest BCUT2D eigenvalue weighted by molar-refractivity contribution is 6.04. The van der Waals surface area contributed by atoms with Crippen molar-refractivity contribution in [3.05, 3.63) is 72.6 Å². The molecule has 0 aliphatic rings. The molecule has 0 spiro atoms. The van der Waals surface area contributed by atoms with Crippen LogP contribution in [0, 0.1) is 6.92 Å². The first-order chi connectivity index (χ1) is 14.6. The molecular formula is C21H17N7O2. The number of hydrogen-bond acceptors (Lipinski definition) is 6. The normalized spacial score (nSPS) is 11.1. The quantitative estimate of drug-likeness (QED) is 0.497. The number of anilines is 1. The zero-order valence-corrected chi connectivity index (χ0v) is 16.3. The molecule has 0 atom stereocenters. The summed E-state index contributed by atoms with van der Waals surface area (Å²) < 4.78 is 8.30. The van der Waals surface area contributed by atoms with Crippen molar-refractivity contribution in [2.75, 3.05) is 5.32 Å². The van der Waals surface area contributed by atoms with Crippen LogP contribution in [-0.4, -0.2) is 35.2 Å². The van der Waals surface area contributed by atoms with Gasteiger partial charge in [-0.3, -0.25) is 13.9 Å². The molecule has 30 heavy (non-hydrogen) atoms. The van der Waals surface area contributed by atoms with Crippen molar-refractivity contribution in [3.8, 4) is 22.6 Å². The van der Waals surface area contributed by atoms with Gasteiger partial charge in [0.15, 0.2) is 0 Å². The van der Waals surface area contributed by atoms with Crippen LogP contribution in [0.1, 0.15) is 16.1 Å². The molecule has 0 aliphatic heterocycles. The van der Waals surface area contributed by atoms with E-state index in [1.54, 1.807) is 15.3 Å². The topological polar surface area (TPSA) is 103 Å². The number of carbonyl (C=O) groups excluding carboxylic acids is 1. The number of pyridine rings is 1. The molecule has 0 bridgehead atoms. The van der Waals surface area contributed by atoms with Crippen LogP contribution in [0.2, 0.25) is 0 Å². The summed E-state index contributed by atoms with van der Waals surface area (Å²) in [5.74, 6) is 0.198. The molecular weight excluding hydrogens is 382 g/mol. The summed E-state index contributed by atoms with van der Waals surface area (Å²) in [4.78, 5) is 21.4. The molecule has 4 aromatic heterocycles. The van der Waals surface area contributed by atoms with Crippen molar-refractivity contribution in [2.45, 2.75) is 6.92 Å². The van der Waals surface area contributed by atoms with E-state index in [1.165, 1.54) is 6.39 Å². The third kappa shape index (κ3) is 3.12. The van der Waals surface area contributed by atoms with Gasteiger partial charge in [0.2, 0.25) is 12.2 Å². The number of hydrogen-bond donors (Lipinski definition) is 1. The first-order valence-corrected chi connectivity index (χ1v) is 9.24. The molecule has 5 aromatic rings. The third-order valence-corrected chi connectivity index (χ3v) is 4.86. The van der Waals surface area contributed by atoms with Crippen LogP contribution in [0.25, 0.3) is 28.3 Å². The van der Waals surface area contributed by atoms with Gasteiger partial charge in [0.05, 0.1) is 11.9 Å². The minimum atomic E-state index is -0.263. The van der Waals surface area contributed by atoms with Crippen molar-refractivity contribution in [1.82, 2.24) is 29.3 Å². The van der Waals surface area contributed by atoms with E-state index in [-0.39, 0.29) is 5.91 Å². The zero-order valence-electron chi connectivity index (χ0n) is 16.3. The number of nitrogens with one attached hydrogen (secondary N) is 1. The minimum absolute atomic E-state index is 0.263. The number of imidazole rings is 1. The van der Waals surface area contributed by atoms with E-state index in [0.29, 0.717) is 22.9 Å². The van der Waals surface area contributed by atoms with Crippen LogP contribution in [-0.2, 0) is 7.05 Å². The lowest BCUT2D eigenvalue weighted by Crippen LogP contribution is -2.15. The number of rotatable bonds is 4. The Bertz CT molecular complexity index is 1370. The fourth-order valence-electron chi connectivity index (χ4n) is 3.26. The van der Waals surface area contributed by atoms with E-state index in [4.69, 9.17) is 4.52 Å². The summed E-state index contributed by atoms with van der Waals surface area (Å²) in [6.07, 6.45) is 6.54. The predicted octanol–water partition coefficient (Wildman–Crippen LogP) is 3.35. The second kappa shape index (κ2) is 6.96. The number of fused-ring (bicyclic) bond motifs is 1. The van der Waals surface area contributed by atoms with Gasteiger partial charge in [0.25, 0.3) is 5.91 Å². The molecule has 5 rings (SSSR count). The van der Waals surface area contributed by atoms with E-state index in [9.17, 15) is 4.79 Å². The maximum atomic E-state index is 13.0. The summed E-state index contributed by atoms with van der Waals surface area (Å²) in [7, 11) is 1.87. The molecule has 148 valence electrons. The van der Waals surface area contributed by atoms with Gasteiger partial charge < -0.3 is 9.84 Å². The Morgan fingerprint density at radius 2 is 1.97 bits per heavy atom. The van der Waals surface area contributed by atoms with Gasteiger partial charge in [-0.2, -0.15) is 10.1 Å². The van der Waals surface area contributed by atoms with Crippen LogP contribution < -0.4 is 5.32 Å². The van der Waals surface area contributed by atoms with Gasteiger partial charge in [0.1, 0.15) is 11.3 Å². The summed E-state index contributed by atoms with van der Waals surface area (Å²) in [5, 5.41) is 11.2. The molecule has 0 saturated heterocycles. The molecule has 0 unspecified atom stereocenters. The molecule has 0 radical (unpaired) electrons. The van der Waals surface area contributed by atoms with Crippen molar-refractivity contribution in [1.29, 1.82) is 0 Å². The Morgan fingerprint density at radius 3 is 2.73 bits per heavy atom. The van der Waals surface area contributed by atoms with E-state index in [2.05, 4.69) is 25.5 Å². The van der Waals surface area contributed by atoms with Gasteiger partial charge in [-0.1, -0.05) is 17.3 Å². The van der Waals surface area contributed by atoms with E-state index >= 15 is 0 Å². The standard InChI is InChI=1S/C21H17N7O2/c1-13-3-4-15(20-23-12-30-26-20)9-17(13)24-21(29)18-11-22-19-10-14(5-8-28(18)19)16-6-7-27(2)25-16/h3-12H,1-2H3,(H,24,29). The minimum Gasteiger partial charge on any atom is -0.342 e. The van der Waals surface area contributed by atoms with Crippen LogP contribution in [0.5, 0.6) is 0 Å². The number of nitrogens with zero attached hydrogens (tertiary/aromatic N) is 6. The first-order valence-electron chi connectivity index (χ1n) is 9.24. The number of carbonyl (C=O) groups is 1. The van der Waals surface area contributed by atoms with Crippen molar-refractivity contribution < 1.29 is 9.32 Å². The molecule has 1 amide bonds. The van der Waals surface area contributed by atoms with E-state index < -0.39 is 0 Å². The molecule has 0 saturated carbocycles. The van der Waals surface area contributed by atoms with Gasteiger partial charge in [-0.05, 0) is 36.8 Å². The van der Waals surface area contributed by atoms with Gasteiger partial charge >= 0.3 is 0 Å². The Labute approximate surface area is 171 Å². The molecule has 1 aromatic carbocycles. The van der Waals surface area contributed by atoms with Crippen molar-refractivity contribution >= 4 is 17.2 Å². The summed E-state index contributed by atoms with van der Waals surface area (Å²) in [5.41, 5.74) is 5.22. The van der Waals surface area contributed by atoms with Crippen LogP contribution in [0.3, 0.4) is 0 Å². The average Bonchev–Trinajstić information content (AvgIpc) is 3.49. The number of aryl methyl sites for hydroxylation is 2. The smallest absolute Gasteiger partial charge is 0.274 e. The lowest BCUT2D eigenvalue weighted by molar-refractivity contribution is 0.102. The molecule has 9 heteroatoms. The summed E-state index contributed by atoms with van der Waals surface area (Å²) >= 11 is 0. The lowest BCUT2D eigenvalue weighted by atomic mass is 10.1. The highest BCUT2D eigenvalue weighted by Gasteiger charge is 2.15. The predicted molar refractivity (Wildman–Crippen MR) is 110 cm³/mol. The Balaban J connectivity index is 1.45. The average molecular weight is 399 g/mol. The van der Waals surface area contributed by atoms with Crippen LogP contribution >= 0.6 is 0 Å². The SMILES string of the molecule is Cc1ccc(-c2ncon2)cc1NC(=O)c1cnc2cc(-c3ccn(C)n3)ccn12. The second-order valence-corrected chi connectivity index (χ2v) is 6.90. The number of benzene rings is 1. The van der Waals surface area contributed by atoms with Crippen LogP contribution in [0.4, 0.5) is 5.69 Å². The largest absolute Gasteiger partial charge is 0.342 e. The molecule has 4 heterocycles. The first kappa shape index (κ1) is 17.8. The van der Waals surface area contributed by atoms with Gasteiger partial charge in [-0.15, -0.1) is 0 Å². The number of amides is 1. The molecule has 0 aliphatic carbocycles. The van der Waals surface area contributed by atoms with E-state index in [1.807, 2.05) is 62.8 Å². The Kier molecular flexibility index (Phi) is 4.13. The van der Waals surface area contributed by atoms with E-state index in [0.717, 1.165) is 22.4 Å². The van der Waals surface area contributed by atoms with Gasteiger partial charge in [0, 0.05) is 36.3 Å². The summed E-state index contributed by atoms with van der Waals surface area (Å²) in [6.45, 7) is 1.92. The number of aromatic nitrogens is 6. The Morgan fingerprint density at radius 1 is 1.07 bits per heavy atom. The lowest BCUT2D eigenvalue weighted by Gasteiger charge is -2.09. The monoisotopic (exact) mass is 399 g/mol. The fourth-order valence-corrected chi connectivity index (χ4v) is 3.26. The van der Waals surface area contributed by atoms with Crippen molar-refractivity contribution in [3.63, 3.8) is 0 Å². The highest BCUT2D eigenvalue weighted by Crippen LogP contribution is 2.24. The van der Waals surface area contributed by atoms with Crippen LogP contribution in [0.15, 0.2) is 65.9 Å². The maximum absolute atomic E-state index is 13.0. The van der Waals surface area contributed by atoms with Crippen molar-refractivity contribution in [2.24, 2.45) is 7.05 Å². The summed E-state index contributed by atoms with van der Waals surface area (Å²) in [6, 6.07) is 11.3. The molecule has 0 fully saturated rings. The zero-order chi connectivity index (χ0) is 20.7.